The monoisotopic (exact) mass is 232 g/mol. The number of ether oxygens (including phenoxy) is 2. The molecule has 0 aliphatic heterocycles. The molecule has 88 valence electrons. The molecule has 5 nitrogen and oxygen atoms in total. The predicted octanol–water partition coefficient (Wildman–Crippen LogP) is 1.47. The number of benzene rings is 1. The Labute approximate surface area is 98.4 Å². The van der Waals surface area contributed by atoms with Crippen LogP contribution in [0.25, 0.3) is 10.9 Å². The Balaban J connectivity index is 2.35. The van der Waals surface area contributed by atoms with Crippen molar-refractivity contribution in [2.75, 3.05) is 20.3 Å². The van der Waals surface area contributed by atoms with E-state index in [0.717, 1.165) is 17.2 Å². The van der Waals surface area contributed by atoms with Gasteiger partial charge in [0.2, 0.25) is 0 Å². The summed E-state index contributed by atoms with van der Waals surface area (Å²) in [6.45, 7) is 0.869. The zero-order chi connectivity index (χ0) is 12.1. The summed E-state index contributed by atoms with van der Waals surface area (Å²) >= 11 is 0. The first kappa shape index (κ1) is 11.5. The van der Waals surface area contributed by atoms with Gasteiger partial charge < -0.3 is 9.47 Å². The van der Waals surface area contributed by atoms with E-state index in [0.29, 0.717) is 24.5 Å². The van der Waals surface area contributed by atoms with E-state index in [-0.39, 0.29) is 0 Å². The Morgan fingerprint density at radius 1 is 1.35 bits per heavy atom. The molecule has 1 aromatic heterocycles. The molecule has 17 heavy (non-hydrogen) atoms. The SMILES string of the molecule is COCCOc1cc2ncncc2cc1C=O. The summed E-state index contributed by atoms with van der Waals surface area (Å²) < 4.78 is 10.3. The molecule has 0 fully saturated rings. The van der Waals surface area contributed by atoms with Crippen LogP contribution in [0.15, 0.2) is 24.7 Å². The van der Waals surface area contributed by atoms with Gasteiger partial charge in [-0.1, -0.05) is 0 Å². The highest BCUT2D eigenvalue weighted by Crippen LogP contribution is 2.22. The van der Waals surface area contributed by atoms with Gasteiger partial charge in [0, 0.05) is 24.8 Å². The van der Waals surface area contributed by atoms with Crippen LogP contribution >= 0.6 is 0 Å². The number of carbonyl (C=O) groups excluding carboxylic acids is 1. The lowest BCUT2D eigenvalue weighted by atomic mass is 10.1. The Hall–Kier alpha value is -2.01. The van der Waals surface area contributed by atoms with Crippen LogP contribution in [0.2, 0.25) is 0 Å². The van der Waals surface area contributed by atoms with Gasteiger partial charge >= 0.3 is 0 Å². The zero-order valence-electron chi connectivity index (χ0n) is 9.42. The summed E-state index contributed by atoms with van der Waals surface area (Å²) in [6.07, 6.45) is 3.88. The Kier molecular flexibility index (Phi) is 3.62. The normalized spacial score (nSPS) is 10.4. The van der Waals surface area contributed by atoms with E-state index >= 15 is 0 Å². The smallest absolute Gasteiger partial charge is 0.153 e. The summed E-state index contributed by atoms with van der Waals surface area (Å²) in [5.74, 6) is 0.517. The molecule has 0 bridgehead atoms. The number of aromatic nitrogens is 2. The molecule has 0 saturated heterocycles. The molecule has 0 aliphatic rings. The maximum Gasteiger partial charge on any atom is 0.153 e. The Morgan fingerprint density at radius 2 is 2.24 bits per heavy atom. The third-order valence-corrected chi connectivity index (χ3v) is 2.31. The van der Waals surface area contributed by atoms with E-state index in [2.05, 4.69) is 9.97 Å². The van der Waals surface area contributed by atoms with E-state index in [1.54, 1.807) is 25.4 Å². The highest BCUT2D eigenvalue weighted by atomic mass is 16.5. The number of hydrogen-bond donors (Lipinski definition) is 0. The van der Waals surface area contributed by atoms with Crippen molar-refractivity contribution in [2.45, 2.75) is 0 Å². The van der Waals surface area contributed by atoms with Crippen LogP contribution in [0.4, 0.5) is 0 Å². The Morgan fingerprint density at radius 3 is 3.00 bits per heavy atom. The minimum Gasteiger partial charge on any atom is -0.490 e. The molecular weight excluding hydrogens is 220 g/mol. The molecule has 0 aliphatic carbocycles. The molecule has 0 N–H and O–H groups in total. The average Bonchev–Trinajstić information content (AvgIpc) is 2.38. The van der Waals surface area contributed by atoms with E-state index in [9.17, 15) is 4.79 Å². The van der Waals surface area contributed by atoms with Crippen molar-refractivity contribution in [2.24, 2.45) is 0 Å². The fraction of sp³-hybridized carbons (Fsp3) is 0.250. The van der Waals surface area contributed by atoms with Crippen LogP contribution in [0.3, 0.4) is 0 Å². The van der Waals surface area contributed by atoms with Crippen molar-refractivity contribution >= 4 is 17.2 Å². The molecule has 0 saturated carbocycles. The van der Waals surface area contributed by atoms with Crippen molar-refractivity contribution in [1.82, 2.24) is 9.97 Å². The lowest BCUT2D eigenvalue weighted by Crippen LogP contribution is -2.06. The molecule has 1 aromatic carbocycles. The van der Waals surface area contributed by atoms with Crippen LogP contribution in [0.5, 0.6) is 5.75 Å². The van der Waals surface area contributed by atoms with Crippen LogP contribution in [-0.2, 0) is 4.74 Å². The van der Waals surface area contributed by atoms with Gasteiger partial charge in [-0.15, -0.1) is 0 Å². The molecule has 5 heteroatoms. The van der Waals surface area contributed by atoms with Crippen LogP contribution in [0, 0.1) is 0 Å². The number of carbonyl (C=O) groups is 1. The van der Waals surface area contributed by atoms with Gasteiger partial charge in [-0.25, -0.2) is 9.97 Å². The first-order valence-electron chi connectivity index (χ1n) is 5.16. The number of rotatable bonds is 5. The maximum atomic E-state index is 11.0. The third-order valence-electron chi connectivity index (χ3n) is 2.31. The van der Waals surface area contributed by atoms with Crippen molar-refractivity contribution < 1.29 is 14.3 Å². The van der Waals surface area contributed by atoms with Crippen molar-refractivity contribution in [3.63, 3.8) is 0 Å². The summed E-state index contributed by atoms with van der Waals surface area (Å²) in [6, 6.07) is 3.45. The second-order valence-corrected chi connectivity index (χ2v) is 3.43. The standard InChI is InChI=1S/C12H12N2O3/c1-16-2-3-17-12-5-11-9(4-10(12)7-15)6-13-8-14-11/h4-8H,2-3H2,1H3. The molecule has 0 radical (unpaired) electrons. The van der Waals surface area contributed by atoms with E-state index in [4.69, 9.17) is 9.47 Å². The summed E-state index contributed by atoms with van der Waals surface area (Å²) in [4.78, 5) is 19.0. The predicted molar refractivity (Wildman–Crippen MR) is 62.3 cm³/mol. The highest BCUT2D eigenvalue weighted by molar-refractivity contribution is 5.89. The van der Waals surface area contributed by atoms with Gasteiger partial charge in [0.25, 0.3) is 0 Å². The van der Waals surface area contributed by atoms with Gasteiger partial charge in [0.15, 0.2) is 6.29 Å². The molecule has 1 heterocycles. The Bertz CT molecular complexity index is 528. The van der Waals surface area contributed by atoms with E-state index in [1.807, 2.05) is 0 Å². The second kappa shape index (κ2) is 5.36. The molecule has 0 atom stereocenters. The van der Waals surface area contributed by atoms with Crippen LogP contribution < -0.4 is 4.74 Å². The second-order valence-electron chi connectivity index (χ2n) is 3.43. The van der Waals surface area contributed by atoms with Crippen molar-refractivity contribution in [3.8, 4) is 5.75 Å². The van der Waals surface area contributed by atoms with Crippen LogP contribution in [0.1, 0.15) is 10.4 Å². The first-order chi connectivity index (χ1) is 8.35. The highest BCUT2D eigenvalue weighted by Gasteiger charge is 2.06. The molecule has 2 rings (SSSR count). The minimum absolute atomic E-state index is 0.397. The summed E-state index contributed by atoms with van der Waals surface area (Å²) in [7, 11) is 1.59. The fourth-order valence-corrected chi connectivity index (χ4v) is 1.48. The minimum atomic E-state index is 0.397. The molecular formula is C12H12N2O3. The number of methoxy groups -OCH3 is 1. The van der Waals surface area contributed by atoms with E-state index in [1.165, 1.54) is 6.33 Å². The number of hydrogen-bond acceptors (Lipinski definition) is 5. The van der Waals surface area contributed by atoms with Crippen LogP contribution in [-0.4, -0.2) is 36.6 Å². The molecule has 0 amide bonds. The molecule has 2 aromatic rings. The lowest BCUT2D eigenvalue weighted by Gasteiger charge is -2.08. The number of fused-ring (bicyclic) bond motifs is 1. The topological polar surface area (TPSA) is 61.3 Å². The van der Waals surface area contributed by atoms with E-state index < -0.39 is 0 Å². The zero-order valence-corrected chi connectivity index (χ0v) is 9.42. The fourth-order valence-electron chi connectivity index (χ4n) is 1.48. The largest absolute Gasteiger partial charge is 0.490 e. The number of aldehydes is 1. The van der Waals surface area contributed by atoms with Crippen molar-refractivity contribution in [3.05, 3.63) is 30.2 Å². The van der Waals surface area contributed by atoms with Gasteiger partial charge in [-0.2, -0.15) is 0 Å². The first-order valence-corrected chi connectivity index (χ1v) is 5.16. The average molecular weight is 232 g/mol. The quantitative estimate of drug-likeness (QED) is 0.577. The molecule has 0 spiro atoms. The number of nitrogens with zero attached hydrogens (tertiary/aromatic N) is 2. The van der Waals surface area contributed by atoms with Gasteiger partial charge in [-0.05, 0) is 6.07 Å². The maximum absolute atomic E-state index is 11.0. The van der Waals surface area contributed by atoms with Gasteiger partial charge in [-0.3, -0.25) is 4.79 Å². The third kappa shape index (κ3) is 2.57. The van der Waals surface area contributed by atoms with Gasteiger partial charge in [0.1, 0.15) is 18.7 Å². The van der Waals surface area contributed by atoms with Gasteiger partial charge in [0.05, 0.1) is 17.7 Å². The summed E-state index contributed by atoms with van der Waals surface area (Å²) in [5.41, 5.74) is 1.24. The van der Waals surface area contributed by atoms with Crippen molar-refractivity contribution in [1.29, 1.82) is 0 Å². The summed E-state index contributed by atoms with van der Waals surface area (Å²) in [5, 5.41) is 0.814. The lowest BCUT2D eigenvalue weighted by molar-refractivity contribution is 0.111. The molecule has 0 unspecified atom stereocenters.